The first-order chi connectivity index (χ1) is 5.57. The van der Waals surface area contributed by atoms with Gasteiger partial charge in [-0.25, -0.2) is 0 Å². The Bertz CT molecular complexity index is 237. The molecule has 68 valence electrons. The molecule has 1 rings (SSSR count). The van der Waals surface area contributed by atoms with E-state index in [1.165, 1.54) is 0 Å². The van der Waals surface area contributed by atoms with Crippen LogP contribution in [0.3, 0.4) is 0 Å². The summed E-state index contributed by atoms with van der Waals surface area (Å²) in [6.07, 6.45) is 3.83. The van der Waals surface area contributed by atoms with E-state index in [0.717, 1.165) is 0 Å². The Morgan fingerprint density at radius 1 is 1.75 bits per heavy atom. The smallest absolute Gasteiger partial charge is 0.165 e. The Morgan fingerprint density at radius 3 is 2.92 bits per heavy atom. The lowest BCUT2D eigenvalue weighted by molar-refractivity contribution is 0.0639. The van der Waals surface area contributed by atoms with Gasteiger partial charge in [-0.15, -0.1) is 0 Å². The third-order valence-corrected chi connectivity index (χ3v) is 2.33. The van der Waals surface area contributed by atoms with Crippen LogP contribution in [0.1, 0.15) is 13.3 Å². The van der Waals surface area contributed by atoms with Gasteiger partial charge >= 0.3 is 0 Å². The summed E-state index contributed by atoms with van der Waals surface area (Å²) >= 11 is 11.9. The van der Waals surface area contributed by atoms with Crippen molar-refractivity contribution in [3.05, 3.63) is 22.9 Å². The molecule has 0 aromatic rings. The maximum absolute atomic E-state index is 6.05. The predicted molar refractivity (Wildman–Crippen MR) is 51.0 cm³/mol. The van der Waals surface area contributed by atoms with Crippen LogP contribution in [0, 0.1) is 0 Å². The van der Waals surface area contributed by atoms with Crippen LogP contribution < -0.4 is 5.73 Å². The van der Waals surface area contributed by atoms with Crippen molar-refractivity contribution in [2.24, 2.45) is 5.73 Å². The molecule has 0 radical (unpaired) electrons. The molecule has 0 bridgehead atoms. The second-order valence-corrected chi connectivity index (χ2v) is 3.69. The van der Waals surface area contributed by atoms with Crippen molar-refractivity contribution in [2.75, 3.05) is 6.61 Å². The van der Waals surface area contributed by atoms with Crippen LogP contribution in [-0.4, -0.2) is 11.7 Å². The van der Waals surface area contributed by atoms with E-state index in [-0.39, 0.29) is 0 Å². The molecule has 0 saturated carbocycles. The summed E-state index contributed by atoms with van der Waals surface area (Å²) in [4.78, 5) is 0. The minimum absolute atomic E-state index is 0.437. The molecule has 1 atom stereocenters. The number of alkyl halides is 1. The molecule has 1 aliphatic rings. The first-order valence-corrected chi connectivity index (χ1v) is 4.49. The van der Waals surface area contributed by atoms with Gasteiger partial charge in [0.1, 0.15) is 0 Å². The van der Waals surface area contributed by atoms with Crippen LogP contribution >= 0.6 is 23.2 Å². The molecule has 0 amide bonds. The molecule has 1 aliphatic carbocycles. The van der Waals surface area contributed by atoms with Gasteiger partial charge in [0.15, 0.2) is 5.06 Å². The van der Waals surface area contributed by atoms with Gasteiger partial charge in [0.25, 0.3) is 0 Å². The topological polar surface area (TPSA) is 35.2 Å². The van der Waals surface area contributed by atoms with Gasteiger partial charge in [-0.05, 0) is 19.1 Å². The zero-order chi connectivity index (χ0) is 9.19. The van der Waals surface area contributed by atoms with Crippen molar-refractivity contribution >= 4 is 23.2 Å². The van der Waals surface area contributed by atoms with E-state index in [1.54, 1.807) is 12.2 Å². The fourth-order valence-corrected chi connectivity index (χ4v) is 1.65. The summed E-state index contributed by atoms with van der Waals surface area (Å²) in [6.45, 7) is 2.44. The van der Waals surface area contributed by atoms with Crippen molar-refractivity contribution < 1.29 is 4.74 Å². The first kappa shape index (κ1) is 9.90. The lowest BCUT2D eigenvalue weighted by Crippen LogP contribution is -2.26. The normalized spacial score (nSPS) is 29.6. The molecule has 0 spiro atoms. The summed E-state index contributed by atoms with van der Waals surface area (Å²) < 4.78 is 5.29. The second kappa shape index (κ2) is 3.69. The van der Waals surface area contributed by atoms with Crippen molar-refractivity contribution in [3.8, 4) is 0 Å². The van der Waals surface area contributed by atoms with Crippen molar-refractivity contribution in [3.63, 3.8) is 0 Å². The molecule has 2 N–H and O–H groups in total. The van der Waals surface area contributed by atoms with Gasteiger partial charge in [-0.1, -0.05) is 23.2 Å². The summed E-state index contributed by atoms with van der Waals surface area (Å²) in [5.41, 5.74) is 6.10. The fourth-order valence-electron chi connectivity index (χ4n) is 1.02. The van der Waals surface area contributed by atoms with Crippen LogP contribution in [0.4, 0.5) is 0 Å². The number of halogens is 2. The quantitative estimate of drug-likeness (QED) is 0.706. The molecular weight excluding hydrogens is 197 g/mol. The zero-order valence-electron chi connectivity index (χ0n) is 6.81. The van der Waals surface area contributed by atoms with E-state index in [2.05, 4.69) is 0 Å². The SMILES string of the molecule is CCOC1(Cl)C=CC(N)=C(Cl)C1. The average Bonchev–Trinajstić information content (AvgIpc) is 1.98. The minimum atomic E-state index is -0.797. The molecule has 12 heavy (non-hydrogen) atoms. The maximum atomic E-state index is 6.05. The Balaban J connectivity index is 2.72. The Labute approximate surface area is 82.0 Å². The highest BCUT2D eigenvalue weighted by atomic mass is 35.5. The van der Waals surface area contributed by atoms with E-state index in [1.807, 2.05) is 6.92 Å². The number of hydrogen-bond donors (Lipinski definition) is 1. The molecule has 0 saturated heterocycles. The third-order valence-electron chi connectivity index (χ3n) is 1.61. The summed E-state index contributed by atoms with van der Waals surface area (Å²) in [5.74, 6) is 0. The van der Waals surface area contributed by atoms with Crippen LogP contribution in [0.5, 0.6) is 0 Å². The lowest BCUT2D eigenvalue weighted by atomic mass is 10.1. The van der Waals surface area contributed by atoms with E-state index in [9.17, 15) is 0 Å². The molecule has 0 fully saturated rings. The standard InChI is InChI=1S/C8H11Cl2NO/c1-2-12-8(10)4-3-7(11)6(9)5-8/h3-4H,2,5,11H2,1H3. The minimum Gasteiger partial charge on any atom is -0.398 e. The van der Waals surface area contributed by atoms with Gasteiger partial charge < -0.3 is 10.5 Å². The van der Waals surface area contributed by atoms with Crippen LogP contribution in [-0.2, 0) is 4.74 Å². The Kier molecular flexibility index (Phi) is 3.04. The Morgan fingerprint density at radius 2 is 2.42 bits per heavy atom. The summed E-state index contributed by atoms with van der Waals surface area (Å²) in [7, 11) is 0. The molecule has 0 aromatic heterocycles. The molecule has 2 nitrogen and oxygen atoms in total. The number of hydrogen-bond acceptors (Lipinski definition) is 2. The molecule has 4 heteroatoms. The van der Waals surface area contributed by atoms with E-state index >= 15 is 0 Å². The average molecular weight is 208 g/mol. The summed E-state index contributed by atoms with van der Waals surface area (Å²) in [5, 5.41) is -0.240. The zero-order valence-corrected chi connectivity index (χ0v) is 8.32. The molecule has 1 unspecified atom stereocenters. The van der Waals surface area contributed by atoms with Gasteiger partial charge in [0, 0.05) is 23.8 Å². The highest BCUT2D eigenvalue weighted by Gasteiger charge is 2.28. The monoisotopic (exact) mass is 207 g/mol. The number of ether oxygens (including phenoxy) is 1. The fraction of sp³-hybridized carbons (Fsp3) is 0.500. The van der Waals surface area contributed by atoms with Gasteiger partial charge in [-0.3, -0.25) is 0 Å². The molecule has 0 aromatic carbocycles. The van der Waals surface area contributed by atoms with E-state index < -0.39 is 5.06 Å². The Hall–Kier alpha value is -0.180. The van der Waals surface area contributed by atoms with Crippen LogP contribution in [0.15, 0.2) is 22.9 Å². The summed E-state index contributed by atoms with van der Waals surface area (Å²) in [6, 6.07) is 0. The van der Waals surface area contributed by atoms with Crippen LogP contribution in [0.2, 0.25) is 0 Å². The maximum Gasteiger partial charge on any atom is 0.165 e. The molecule has 0 aliphatic heterocycles. The van der Waals surface area contributed by atoms with E-state index in [4.69, 9.17) is 33.7 Å². The number of rotatable bonds is 2. The van der Waals surface area contributed by atoms with E-state index in [0.29, 0.717) is 23.8 Å². The number of allylic oxidation sites excluding steroid dienone is 1. The predicted octanol–water partition coefficient (Wildman–Crippen LogP) is 2.33. The van der Waals surface area contributed by atoms with Crippen molar-refractivity contribution in [1.29, 1.82) is 0 Å². The highest BCUT2D eigenvalue weighted by molar-refractivity contribution is 6.32. The van der Waals surface area contributed by atoms with Crippen molar-refractivity contribution in [1.82, 2.24) is 0 Å². The second-order valence-electron chi connectivity index (χ2n) is 2.59. The largest absolute Gasteiger partial charge is 0.398 e. The van der Waals surface area contributed by atoms with Gasteiger partial charge in [-0.2, -0.15) is 0 Å². The van der Waals surface area contributed by atoms with Crippen LogP contribution in [0.25, 0.3) is 0 Å². The molecule has 0 heterocycles. The van der Waals surface area contributed by atoms with Crippen molar-refractivity contribution in [2.45, 2.75) is 18.4 Å². The molecular formula is C8H11Cl2NO. The van der Waals surface area contributed by atoms with Gasteiger partial charge in [0.05, 0.1) is 0 Å². The first-order valence-electron chi connectivity index (χ1n) is 3.73. The highest BCUT2D eigenvalue weighted by Crippen LogP contribution is 2.33. The third kappa shape index (κ3) is 2.16. The number of nitrogens with two attached hydrogens (primary N) is 1. The lowest BCUT2D eigenvalue weighted by Gasteiger charge is -2.26. The van der Waals surface area contributed by atoms with Gasteiger partial charge in [0.2, 0.25) is 0 Å².